The van der Waals surface area contributed by atoms with E-state index in [1.165, 1.54) is 0 Å². The summed E-state index contributed by atoms with van der Waals surface area (Å²) in [5, 5.41) is 0. The van der Waals surface area contributed by atoms with Crippen molar-refractivity contribution in [2.24, 2.45) is 16.7 Å². The van der Waals surface area contributed by atoms with E-state index in [1.807, 2.05) is 6.92 Å². The van der Waals surface area contributed by atoms with Gasteiger partial charge in [-0.3, -0.25) is 14.4 Å². The number of esters is 2. The zero-order chi connectivity index (χ0) is 18.6. The Morgan fingerprint density at radius 2 is 1.80 bits per heavy atom. The maximum absolute atomic E-state index is 13.4. The second-order valence-electron chi connectivity index (χ2n) is 7.12. The number of carbonyl (C=O) groups is 3. The number of benzene rings is 1. The molecule has 1 saturated heterocycles. The number of Topliss-reactive ketones (excluding diaryl/α,β-unsaturated/α-hetero) is 1. The van der Waals surface area contributed by atoms with E-state index in [2.05, 4.69) is 15.9 Å². The van der Waals surface area contributed by atoms with Gasteiger partial charge in [-0.1, -0.05) is 35.0 Å². The number of carbonyl (C=O) groups excluding carboxylic acids is 3. The van der Waals surface area contributed by atoms with Crippen LogP contribution in [0.1, 0.15) is 44.5 Å². The molecule has 1 aliphatic heterocycles. The second-order valence-corrected chi connectivity index (χ2v) is 8.03. The van der Waals surface area contributed by atoms with E-state index in [4.69, 9.17) is 9.47 Å². The summed E-state index contributed by atoms with van der Waals surface area (Å²) in [4.78, 5) is 38.9. The van der Waals surface area contributed by atoms with Crippen LogP contribution in [-0.2, 0) is 19.1 Å². The molecular weight excluding hydrogens is 388 g/mol. The molecule has 2 aliphatic rings. The minimum atomic E-state index is -1.54. The Balaban J connectivity index is 2.14. The summed E-state index contributed by atoms with van der Waals surface area (Å²) in [6.45, 7) is 7.17. The normalized spacial score (nSPS) is 31.9. The smallest absolute Gasteiger partial charge is 0.325 e. The van der Waals surface area contributed by atoms with Gasteiger partial charge in [0, 0.05) is 16.0 Å². The van der Waals surface area contributed by atoms with E-state index >= 15 is 0 Å². The van der Waals surface area contributed by atoms with Gasteiger partial charge in [0.25, 0.3) is 0 Å². The monoisotopic (exact) mass is 408 g/mol. The summed E-state index contributed by atoms with van der Waals surface area (Å²) in [6, 6.07) is 6.95. The Bertz CT molecular complexity index is 754. The Kier molecular flexibility index (Phi) is 4.10. The molecule has 2 fully saturated rings. The molecule has 3 unspecified atom stereocenters. The Morgan fingerprint density at radius 3 is 2.32 bits per heavy atom. The first kappa shape index (κ1) is 18.1. The standard InChI is InChI=1S/C19H21BrO5/c1-5-18(13(21)11-7-9-12(20)10-8-11)14-17(3,4)25-16(23)19(14,18)15(22)24-6-2/h7-10,14H,5-6H2,1-4H3. The quantitative estimate of drug-likeness (QED) is 0.423. The fourth-order valence-corrected chi connectivity index (χ4v) is 5.03. The fraction of sp³-hybridized carbons (Fsp3) is 0.526. The molecule has 6 heteroatoms. The maximum atomic E-state index is 13.4. The van der Waals surface area contributed by atoms with E-state index in [9.17, 15) is 14.4 Å². The third-order valence-electron chi connectivity index (χ3n) is 5.59. The van der Waals surface area contributed by atoms with Crippen molar-refractivity contribution in [1.82, 2.24) is 0 Å². The molecule has 1 aliphatic carbocycles. The molecule has 0 aromatic heterocycles. The molecule has 0 amide bonds. The third kappa shape index (κ3) is 2.09. The van der Waals surface area contributed by atoms with Crippen molar-refractivity contribution in [2.75, 3.05) is 6.61 Å². The predicted molar refractivity (Wildman–Crippen MR) is 93.9 cm³/mol. The lowest BCUT2D eigenvalue weighted by molar-refractivity contribution is -0.166. The number of hydrogen-bond acceptors (Lipinski definition) is 5. The molecule has 0 spiro atoms. The first-order valence-corrected chi connectivity index (χ1v) is 9.20. The molecule has 1 aromatic carbocycles. The van der Waals surface area contributed by atoms with Crippen molar-refractivity contribution in [3.8, 4) is 0 Å². The predicted octanol–water partition coefficient (Wildman–Crippen LogP) is 3.54. The number of cyclic esters (lactones) is 1. The van der Waals surface area contributed by atoms with Gasteiger partial charge in [0.05, 0.1) is 12.0 Å². The molecule has 1 heterocycles. The van der Waals surface area contributed by atoms with Gasteiger partial charge in [-0.15, -0.1) is 0 Å². The van der Waals surface area contributed by atoms with Crippen LogP contribution in [0.4, 0.5) is 0 Å². The van der Waals surface area contributed by atoms with E-state index in [0.29, 0.717) is 12.0 Å². The summed E-state index contributed by atoms with van der Waals surface area (Å²) in [5.74, 6) is -2.03. The summed E-state index contributed by atoms with van der Waals surface area (Å²) >= 11 is 3.35. The lowest BCUT2D eigenvalue weighted by Crippen LogP contribution is -2.40. The van der Waals surface area contributed by atoms with Crippen LogP contribution in [0.5, 0.6) is 0 Å². The molecule has 25 heavy (non-hydrogen) atoms. The molecule has 0 N–H and O–H groups in total. The van der Waals surface area contributed by atoms with Crippen LogP contribution < -0.4 is 0 Å². The summed E-state index contributed by atoms with van der Waals surface area (Å²) in [7, 11) is 0. The molecule has 134 valence electrons. The van der Waals surface area contributed by atoms with Gasteiger partial charge in [-0.2, -0.15) is 0 Å². The highest BCUT2D eigenvalue weighted by Crippen LogP contribution is 2.80. The average molecular weight is 409 g/mol. The van der Waals surface area contributed by atoms with Gasteiger partial charge < -0.3 is 9.47 Å². The molecular formula is C19H21BrO5. The minimum Gasteiger partial charge on any atom is -0.465 e. The minimum absolute atomic E-state index is 0.146. The van der Waals surface area contributed by atoms with Crippen LogP contribution >= 0.6 is 15.9 Å². The first-order valence-electron chi connectivity index (χ1n) is 8.41. The highest BCUT2D eigenvalue weighted by Gasteiger charge is 2.95. The molecule has 5 nitrogen and oxygen atoms in total. The van der Waals surface area contributed by atoms with Gasteiger partial charge in [0.15, 0.2) is 11.2 Å². The number of halogens is 1. The first-order chi connectivity index (χ1) is 11.7. The van der Waals surface area contributed by atoms with Crippen molar-refractivity contribution in [1.29, 1.82) is 0 Å². The van der Waals surface area contributed by atoms with E-state index in [1.54, 1.807) is 45.0 Å². The van der Waals surface area contributed by atoms with Crippen molar-refractivity contribution >= 4 is 33.7 Å². The Hall–Kier alpha value is -1.69. The number of fused-ring (bicyclic) bond motifs is 1. The van der Waals surface area contributed by atoms with Crippen LogP contribution in [0.3, 0.4) is 0 Å². The summed E-state index contributed by atoms with van der Waals surface area (Å²) in [6.07, 6.45) is 0.365. The lowest BCUT2D eigenvalue weighted by Gasteiger charge is -2.28. The van der Waals surface area contributed by atoms with Crippen LogP contribution in [0.2, 0.25) is 0 Å². The largest absolute Gasteiger partial charge is 0.465 e. The molecule has 3 rings (SSSR count). The van der Waals surface area contributed by atoms with Crippen molar-refractivity contribution in [3.63, 3.8) is 0 Å². The van der Waals surface area contributed by atoms with Gasteiger partial charge in [0.1, 0.15) is 5.60 Å². The molecule has 3 atom stereocenters. The highest BCUT2D eigenvalue weighted by atomic mass is 79.9. The number of ether oxygens (including phenoxy) is 2. The Labute approximate surface area is 155 Å². The zero-order valence-corrected chi connectivity index (χ0v) is 16.3. The van der Waals surface area contributed by atoms with Crippen molar-refractivity contribution < 1.29 is 23.9 Å². The highest BCUT2D eigenvalue weighted by molar-refractivity contribution is 9.10. The maximum Gasteiger partial charge on any atom is 0.325 e. The van der Waals surface area contributed by atoms with Crippen LogP contribution in [0.15, 0.2) is 28.7 Å². The zero-order valence-electron chi connectivity index (χ0n) is 14.7. The Morgan fingerprint density at radius 1 is 1.20 bits per heavy atom. The van der Waals surface area contributed by atoms with E-state index in [-0.39, 0.29) is 12.4 Å². The number of ketones is 1. The van der Waals surface area contributed by atoms with Gasteiger partial charge in [0.2, 0.25) is 0 Å². The second kappa shape index (κ2) is 5.66. The topological polar surface area (TPSA) is 69.7 Å². The van der Waals surface area contributed by atoms with Crippen molar-refractivity contribution in [3.05, 3.63) is 34.3 Å². The third-order valence-corrected chi connectivity index (χ3v) is 6.11. The molecule has 1 saturated carbocycles. The van der Waals surface area contributed by atoms with Gasteiger partial charge in [-0.05, 0) is 39.3 Å². The van der Waals surface area contributed by atoms with E-state index in [0.717, 1.165) is 4.47 Å². The summed E-state index contributed by atoms with van der Waals surface area (Å²) in [5.41, 5.74) is -3.07. The number of rotatable bonds is 5. The van der Waals surface area contributed by atoms with E-state index < -0.39 is 34.3 Å². The average Bonchev–Trinajstić information content (AvgIpc) is 3.15. The molecule has 0 bridgehead atoms. The van der Waals surface area contributed by atoms with Gasteiger partial charge >= 0.3 is 11.9 Å². The fourth-order valence-electron chi connectivity index (χ4n) is 4.77. The van der Waals surface area contributed by atoms with Crippen LogP contribution in [0, 0.1) is 16.7 Å². The molecule has 0 radical (unpaired) electrons. The number of hydrogen-bond donors (Lipinski definition) is 0. The van der Waals surface area contributed by atoms with Gasteiger partial charge in [-0.25, -0.2) is 0 Å². The van der Waals surface area contributed by atoms with Crippen LogP contribution in [-0.4, -0.2) is 29.9 Å². The lowest BCUT2D eigenvalue weighted by atomic mass is 9.81. The molecule has 1 aromatic rings. The summed E-state index contributed by atoms with van der Waals surface area (Å²) < 4.78 is 11.5. The van der Waals surface area contributed by atoms with Crippen LogP contribution in [0.25, 0.3) is 0 Å². The SMILES string of the molecule is CCOC(=O)C12C(=O)OC(C)(C)C1C2(CC)C(=O)c1ccc(Br)cc1. The van der Waals surface area contributed by atoms with Crippen molar-refractivity contribution in [2.45, 2.75) is 39.7 Å².